The fourth-order valence-electron chi connectivity index (χ4n) is 3.32. The van der Waals surface area contributed by atoms with Gasteiger partial charge in [0.1, 0.15) is 6.04 Å². The highest BCUT2D eigenvalue weighted by atomic mass is 16.2. The summed E-state index contributed by atoms with van der Waals surface area (Å²) in [4.78, 5) is 16.9. The molecule has 1 saturated heterocycles. The van der Waals surface area contributed by atoms with Crippen molar-refractivity contribution in [2.75, 3.05) is 36.0 Å². The lowest BCUT2D eigenvalue weighted by Gasteiger charge is -2.46. The summed E-state index contributed by atoms with van der Waals surface area (Å²) in [6, 6.07) is 4.34. The van der Waals surface area contributed by atoms with E-state index in [9.17, 15) is 4.79 Å². The summed E-state index contributed by atoms with van der Waals surface area (Å²) in [5.74, 6) is 0.231. The van der Waals surface area contributed by atoms with E-state index in [2.05, 4.69) is 36.2 Å². The molecule has 1 aromatic rings. The number of fused-ring (bicyclic) bond motifs is 3. The molecule has 19 heavy (non-hydrogen) atoms. The lowest BCUT2D eigenvalue weighted by atomic mass is 9.99. The molecule has 0 aliphatic carbocycles. The largest absolute Gasteiger partial charge is 0.355 e. The van der Waals surface area contributed by atoms with Crippen molar-refractivity contribution in [1.29, 1.82) is 0 Å². The molecule has 0 spiro atoms. The highest BCUT2D eigenvalue weighted by Gasteiger charge is 2.39. The number of carbonyl (C=O) groups excluding carboxylic acids is 1. The number of hydrogen-bond acceptors (Lipinski definition) is 3. The van der Waals surface area contributed by atoms with Crippen molar-refractivity contribution in [2.45, 2.75) is 26.8 Å². The quantitative estimate of drug-likeness (QED) is 0.829. The van der Waals surface area contributed by atoms with Crippen LogP contribution in [0.1, 0.15) is 18.1 Å². The second-order valence-corrected chi connectivity index (χ2v) is 5.45. The molecule has 0 saturated carbocycles. The van der Waals surface area contributed by atoms with Crippen molar-refractivity contribution in [3.63, 3.8) is 0 Å². The van der Waals surface area contributed by atoms with E-state index in [1.807, 2.05) is 11.8 Å². The summed E-state index contributed by atoms with van der Waals surface area (Å²) in [6.07, 6.45) is 0. The van der Waals surface area contributed by atoms with Gasteiger partial charge in [0, 0.05) is 26.2 Å². The molecule has 3 rings (SSSR count). The lowest BCUT2D eigenvalue weighted by Crippen LogP contribution is -2.62. The summed E-state index contributed by atoms with van der Waals surface area (Å²) in [5.41, 5.74) is 4.79. The lowest BCUT2D eigenvalue weighted by molar-refractivity contribution is -0.120. The zero-order valence-electron chi connectivity index (χ0n) is 11.9. The minimum Gasteiger partial charge on any atom is -0.355 e. The second kappa shape index (κ2) is 4.53. The van der Waals surface area contributed by atoms with Gasteiger partial charge in [-0.05, 0) is 38.0 Å². The van der Waals surface area contributed by atoms with Gasteiger partial charge >= 0.3 is 0 Å². The maximum Gasteiger partial charge on any atom is 0.251 e. The van der Waals surface area contributed by atoms with Crippen LogP contribution in [0.3, 0.4) is 0 Å². The number of anilines is 2. The van der Waals surface area contributed by atoms with Crippen LogP contribution in [0, 0.1) is 13.8 Å². The molecular formula is C15H21N3O. The monoisotopic (exact) mass is 259 g/mol. The summed E-state index contributed by atoms with van der Waals surface area (Å²) in [7, 11) is 0. The Morgan fingerprint density at radius 1 is 1.37 bits per heavy atom. The first kappa shape index (κ1) is 12.5. The molecule has 1 fully saturated rings. The van der Waals surface area contributed by atoms with Crippen molar-refractivity contribution < 1.29 is 4.79 Å². The number of likely N-dealkylation sites (N-methyl/N-ethyl adjacent to an activating group) is 1. The van der Waals surface area contributed by atoms with E-state index in [0.29, 0.717) is 0 Å². The standard InChI is InChI=1S/C15H21N3O/c1-4-17-14-11(3)7-10(2)8-12(14)18-6-5-16-9-13(18)15(17)19/h7-8,13,16H,4-6,9H2,1-3H3. The predicted molar refractivity (Wildman–Crippen MR) is 77.9 cm³/mol. The Morgan fingerprint density at radius 3 is 2.89 bits per heavy atom. The highest BCUT2D eigenvalue weighted by molar-refractivity contribution is 6.06. The molecular weight excluding hydrogens is 238 g/mol. The van der Waals surface area contributed by atoms with Crippen molar-refractivity contribution in [3.05, 3.63) is 23.3 Å². The van der Waals surface area contributed by atoms with Crippen LogP contribution >= 0.6 is 0 Å². The van der Waals surface area contributed by atoms with Gasteiger partial charge in [-0.3, -0.25) is 4.79 Å². The van der Waals surface area contributed by atoms with Crippen molar-refractivity contribution >= 4 is 17.3 Å². The first-order valence-electron chi connectivity index (χ1n) is 7.03. The minimum absolute atomic E-state index is 0.0394. The number of carbonyl (C=O) groups is 1. The second-order valence-electron chi connectivity index (χ2n) is 5.45. The number of benzene rings is 1. The fourth-order valence-corrected chi connectivity index (χ4v) is 3.32. The van der Waals surface area contributed by atoms with E-state index in [1.165, 1.54) is 16.8 Å². The fraction of sp³-hybridized carbons (Fsp3) is 0.533. The maximum atomic E-state index is 12.6. The molecule has 1 unspecified atom stereocenters. The van der Waals surface area contributed by atoms with E-state index in [0.717, 1.165) is 31.9 Å². The van der Waals surface area contributed by atoms with Crippen molar-refractivity contribution in [1.82, 2.24) is 5.32 Å². The number of nitrogens with one attached hydrogen (secondary N) is 1. The van der Waals surface area contributed by atoms with Crippen molar-refractivity contribution in [2.24, 2.45) is 0 Å². The Balaban J connectivity index is 2.19. The van der Waals surface area contributed by atoms with Gasteiger partial charge in [0.05, 0.1) is 11.4 Å². The summed E-state index contributed by atoms with van der Waals surface area (Å²) >= 11 is 0. The number of rotatable bonds is 1. The van der Waals surface area contributed by atoms with Crippen LogP contribution in [0.2, 0.25) is 0 Å². The van der Waals surface area contributed by atoms with Gasteiger partial charge in [-0.2, -0.15) is 0 Å². The Hall–Kier alpha value is -1.55. The van der Waals surface area contributed by atoms with Gasteiger partial charge < -0.3 is 15.1 Å². The van der Waals surface area contributed by atoms with Crippen LogP contribution < -0.4 is 15.1 Å². The Morgan fingerprint density at radius 2 is 2.16 bits per heavy atom. The topological polar surface area (TPSA) is 35.6 Å². The van der Waals surface area contributed by atoms with Crippen LogP contribution in [-0.2, 0) is 4.79 Å². The maximum absolute atomic E-state index is 12.6. The number of piperazine rings is 1. The number of aryl methyl sites for hydroxylation is 2. The third-order valence-corrected chi connectivity index (χ3v) is 4.11. The molecule has 2 heterocycles. The predicted octanol–water partition coefficient (Wildman–Crippen LogP) is 1.45. The molecule has 4 nitrogen and oxygen atoms in total. The first-order valence-corrected chi connectivity index (χ1v) is 7.03. The van der Waals surface area contributed by atoms with Crippen LogP contribution in [0.15, 0.2) is 12.1 Å². The molecule has 1 atom stereocenters. The Bertz CT molecular complexity index is 526. The molecule has 0 bridgehead atoms. The smallest absolute Gasteiger partial charge is 0.251 e. The molecule has 1 N–H and O–H groups in total. The molecule has 4 heteroatoms. The molecule has 2 aliphatic rings. The van der Waals surface area contributed by atoms with E-state index >= 15 is 0 Å². The Kier molecular flexibility index (Phi) is 2.97. The molecule has 1 amide bonds. The average Bonchev–Trinajstić information content (AvgIpc) is 2.40. The van der Waals surface area contributed by atoms with Gasteiger partial charge in [0.25, 0.3) is 5.91 Å². The van der Waals surface area contributed by atoms with Crippen LogP contribution in [0.4, 0.5) is 11.4 Å². The summed E-state index contributed by atoms with van der Waals surface area (Å²) in [5, 5.41) is 3.33. The SMILES string of the molecule is CCN1C(=O)C2CNCCN2c2cc(C)cc(C)c21. The number of hydrogen-bond donors (Lipinski definition) is 1. The molecule has 1 aromatic carbocycles. The summed E-state index contributed by atoms with van der Waals surface area (Å²) < 4.78 is 0. The third-order valence-electron chi connectivity index (χ3n) is 4.11. The van der Waals surface area contributed by atoms with Crippen LogP contribution in [-0.4, -0.2) is 38.1 Å². The molecule has 102 valence electrons. The normalized spacial score (nSPS) is 22.3. The molecule has 2 aliphatic heterocycles. The van der Waals surface area contributed by atoms with E-state index < -0.39 is 0 Å². The van der Waals surface area contributed by atoms with E-state index in [-0.39, 0.29) is 11.9 Å². The van der Waals surface area contributed by atoms with Crippen LogP contribution in [0.5, 0.6) is 0 Å². The van der Waals surface area contributed by atoms with Crippen molar-refractivity contribution in [3.8, 4) is 0 Å². The Labute approximate surface area is 114 Å². The van der Waals surface area contributed by atoms with Gasteiger partial charge in [0.2, 0.25) is 0 Å². The van der Waals surface area contributed by atoms with Gasteiger partial charge in [-0.15, -0.1) is 0 Å². The van der Waals surface area contributed by atoms with Gasteiger partial charge in [-0.1, -0.05) is 6.07 Å². The van der Waals surface area contributed by atoms with E-state index in [1.54, 1.807) is 0 Å². The number of nitrogens with zero attached hydrogens (tertiary/aromatic N) is 2. The highest BCUT2D eigenvalue weighted by Crippen LogP contribution is 2.39. The minimum atomic E-state index is -0.0394. The zero-order chi connectivity index (χ0) is 13.6. The number of amides is 1. The van der Waals surface area contributed by atoms with E-state index in [4.69, 9.17) is 0 Å². The van der Waals surface area contributed by atoms with Gasteiger partial charge in [0.15, 0.2) is 0 Å². The summed E-state index contributed by atoms with van der Waals surface area (Å²) in [6.45, 7) is 9.61. The molecule has 0 aromatic heterocycles. The first-order chi connectivity index (χ1) is 9.13. The third kappa shape index (κ3) is 1.82. The van der Waals surface area contributed by atoms with Crippen LogP contribution in [0.25, 0.3) is 0 Å². The zero-order valence-corrected chi connectivity index (χ0v) is 11.9. The van der Waals surface area contributed by atoms with Gasteiger partial charge in [-0.25, -0.2) is 0 Å². The molecule has 0 radical (unpaired) electrons. The average molecular weight is 259 g/mol.